The predicted octanol–water partition coefficient (Wildman–Crippen LogP) is 3.49. The fourth-order valence-electron chi connectivity index (χ4n) is 1.22. The van der Waals surface area contributed by atoms with Crippen molar-refractivity contribution in [3.63, 3.8) is 0 Å². The first-order valence-corrected chi connectivity index (χ1v) is 6.14. The summed E-state index contributed by atoms with van der Waals surface area (Å²) in [5.74, 6) is -1.62. The number of aromatic carboxylic acids is 1. The van der Waals surface area contributed by atoms with Crippen LogP contribution in [-0.4, -0.2) is 16.1 Å². The fourth-order valence-corrected chi connectivity index (χ4v) is 2.34. The molecule has 1 aromatic heterocycles. The summed E-state index contributed by atoms with van der Waals surface area (Å²) < 4.78 is 14.0. The Hall–Kier alpha value is -1.47. The van der Waals surface area contributed by atoms with E-state index in [1.807, 2.05) is 0 Å². The van der Waals surface area contributed by atoms with Crippen LogP contribution in [0.2, 0.25) is 0 Å². The number of aromatic nitrogens is 1. The van der Waals surface area contributed by atoms with Gasteiger partial charge in [-0.15, -0.1) is 11.3 Å². The van der Waals surface area contributed by atoms with Crippen molar-refractivity contribution in [2.75, 3.05) is 5.32 Å². The summed E-state index contributed by atoms with van der Waals surface area (Å²) in [5.41, 5.74) is 1.46. The minimum absolute atomic E-state index is 0.120. The molecule has 0 aliphatic rings. The minimum atomic E-state index is -1.15. The van der Waals surface area contributed by atoms with Crippen molar-refractivity contribution in [3.05, 3.63) is 39.7 Å². The van der Waals surface area contributed by atoms with E-state index >= 15 is 0 Å². The molecule has 4 nitrogen and oxygen atoms in total. The van der Waals surface area contributed by atoms with Gasteiger partial charge in [0.1, 0.15) is 10.8 Å². The summed E-state index contributed by atoms with van der Waals surface area (Å²) in [7, 11) is 0. The van der Waals surface area contributed by atoms with Gasteiger partial charge in [-0.05, 0) is 28.1 Å². The molecule has 0 spiro atoms. The van der Waals surface area contributed by atoms with Gasteiger partial charge in [0, 0.05) is 4.47 Å². The Kier molecular flexibility index (Phi) is 3.39. The number of carbonyl (C=O) groups is 1. The summed E-state index contributed by atoms with van der Waals surface area (Å²) >= 11 is 4.29. The molecule has 0 fully saturated rings. The van der Waals surface area contributed by atoms with E-state index < -0.39 is 11.8 Å². The number of para-hydroxylation sites is 1. The molecule has 0 aliphatic carbocycles. The second-order valence-corrected chi connectivity index (χ2v) is 4.77. The maximum absolute atomic E-state index is 13.5. The number of nitrogens with one attached hydrogen (secondary N) is 1. The molecule has 0 amide bonds. The lowest BCUT2D eigenvalue weighted by Gasteiger charge is -2.07. The molecule has 0 radical (unpaired) electrons. The summed E-state index contributed by atoms with van der Waals surface area (Å²) in [6, 6.07) is 4.50. The lowest BCUT2D eigenvalue weighted by atomic mass is 10.3. The molecule has 88 valence electrons. The Morgan fingerprint density at radius 1 is 1.53 bits per heavy atom. The number of benzene rings is 1. The molecule has 17 heavy (non-hydrogen) atoms. The molecule has 0 unspecified atom stereocenters. The second kappa shape index (κ2) is 4.80. The lowest BCUT2D eigenvalue weighted by Crippen LogP contribution is -2.02. The first kappa shape index (κ1) is 12.0. The molecular weight excluding hydrogens is 311 g/mol. The Labute approximate surface area is 108 Å². The van der Waals surface area contributed by atoms with Gasteiger partial charge in [0.05, 0.1) is 11.2 Å². The summed E-state index contributed by atoms with van der Waals surface area (Å²) in [5, 5.41) is 11.9. The van der Waals surface area contributed by atoms with Gasteiger partial charge in [0.25, 0.3) is 0 Å². The van der Waals surface area contributed by atoms with E-state index in [4.69, 9.17) is 5.11 Å². The van der Waals surface area contributed by atoms with Crippen LogP contribution in [0.4, 0.5) is 15.1 Å². The van der Waals surface area contributed by atoms with Crippen LogP contribution >= 0.6 is 27.3 Å². The van der Waals surface area contributed by atoms with Gasteiger partial charge in [-0.3, -0.25) is 0 Å². The van der Waals surface area contributed by atoms with Gasteiger partial charge in [0.2, 0.25) is 0 Å². The largest absolute Gasteiger partial charge is 0.476 e. The molecule has 2 rings (SSSR count). The molecular formula is C10H6BrFN2O2S. The van der Waals surface area contributed by atoms with Crippen LogP contribution in [0.1, 0.15) is 10.5 Å². The normalized spacial score (nSPS) is 10.2. The van der Waals surface area contributed by atoms with Crippen LogP contribution in [0.15, 0.2) is 28.2 Å². The first-order chi connectivity index (χ1) is 8.09. The van der Waals surface area contributed by atoms with E-state index in [9.17, 15) is 9.18 Å². The number of carboxylic acids is 1. The maximum atomic E-state index is 13.5. The van der Waals surface area contributed by atoms with Crippen LogP contribution < -0.4 is 5.32 Å². The van der Waals surface area contributed by atoms with Crippen molar-refractivity contribution >= 4 is 43.9 Å². The van der Waals surface area contributed by atoms with Gasteiger partial charge in [-0.25, -0.2) is 14.2 Å². The van der Waals surface area contributed by atoms with Gasteiger partial charge >= 0.3 is 5.97 Å². The SMILES string of the molecule is O=C(O)c1ncsc1Nc1c(F)cccc1Br. The Balaban J connectivity index is 2.38. The zero-order valence-electron chi connectivity index (χ0n) is 8.28. The van der Waals surface area contributed by atoms with E-state index in [-0.39, 0.29) is 11.4 Å². The number of hydrogen-bond donors (Lipinski definition) is 2. The molecule has 1 heterocycles. The molecule has 1 aromatic carbocycles. The molecule has 7 heteroatoms. The number of thiazole rings is 1. The standard InChI is InChI=1S/C10H6BrFN2O2S/c11-5-2-1-3-6(12)7(5)14-9-8(10(15)16)13-4-17-9/h1-4,14H,(H,15,16). The van der Waals surface area contributed by atoms with Crippen molar-refractivity contribution in [2.24, 2.45) is 0 Å². The highest BCUT2D eigenvalue weighted by atomic mass is 79.9. The molecule has 0 atom stereocenters. The van der Waals surface area contributed by atoms with Crippen LogP contribution in [0.25, 0.3) is 0 Å². The Morgan fingerprint density at radius 2 is 2.29 bits per heavy atom. The summed E-state index contributed by atoms with van der Waals surface area (Å²) in [6.45, 7) is 0. The van der Waals surface area contributed by atoms with Gasteiger partial charge < -0.3 is 10.4 Å². The highest BCUT2D eigenvalue weighted by Crippen LogP contribution is 2.31. The Bertz CT molecular complexity index is 553. The lowest BCUT2D eigenvalue weighted by molar-refractivity contribution is 0.0692. The maximum Gasteiger partial charge on any atom is 0.357 e. The average Bonchev–Trinajstić information content (AvgIpc) is 2.72. The van der Waals surface area contributed by atoms with Crippen LogP contribution in [-0.2, 0) is 0 Å². The highest BCUT2D eigenvalue weighted by Gasteiger charge is 2.16. The Morgan fingerprint density at radius 3 is 2.94 bits per heavy atom. The van der Waals surface area contributed by atoms with Crippen molar-refractivity contribution in [1.29, 1.82) is 0 Å². The van der Waals surface area contributed by atoms with Gasteiger partial charge in [0.15, 0.2) is 5.69 Å². The third-order valence-electron chi connectivity index (χ3n) is 1.97. The first-order valence-electron chi connectivity index (χ1n) is 4.47. The fraction of sp³-hybridized carbons (Fsp3) is 0. The van der Waals surface area contributed by atoms with Crippen LogP contribution in [0.3, 0.4) is 0 Å². The van der Waals surface area contributed by atoms with E-state index in [0.717, 1.165) is 11.3 Å². The minimum Gasteiger partial charge on any atom is -0.476 e. The number of halogens is 2. The molecule has 0 aliphatic heterocycles. The monoisotopic (exact) mass is 316 g/mol. The van der Waals surface area contributed by atoms with Crippen molar-refractivity contribution < 1.29 is 14.3 Å². The zero-order chi connectivity index (χ0) is 12.4. The van der Waals surface area contributed by atoms with Gasteiger partial charge in [-0.2, -0.15) is 0 Å². The van der Waals surface area contributed by atoms with Gasteiger partial charge in [-0.1, -0.05) is 6.07 Å². The molecule has 2 aromatic rings. The molecule has 0 saturated carbocycles. The average molecular weight is 317 g/mol. The smallest absolute Gasteiger partial charge is 0.357 e. The topological polar surface area (TPSA) is 62.2 Å². The highest BCUT2D eigenvalue weighted by molar-refractivity contribution is 9.10. The van der Waals surface area contributed by atoms with Crippen molar-refractivity contribution in [1.82, 2.24) is 4.98 Å². The van der Waals surface area contributed by atoms with Crippen LogP contribution in [0, 0.1) is 5.82 Å². The quantitative estimate of drug-likeness (QED) is 0.910. The number of carboxylic acid groups (broad SMARTS) is 1. The van der Waals surface area contributed by atoms with Crippen molar-refractivity contribution in [3.8, 4) is 0 Å². The van der Waals surface area contributed by atoms with Crippen molar-refractivity contribution in [2.45, 2.75) is 0 Å². The molecule has 2 N–H and O–H groups in total. The number of anilines is 2. The van der Waals surface area contributed by atoms with E-state index in [1.54, 1.807) is 12.1 Å². The third kappa shape index (κ3) is 2.45. The van der Waals surface area contributed by atoms with E-state index in [0.29, 0.717) is 9.47 Å². The number of nitrogens with zero attached hydrogens (tertiary/aromatic N) is 1. The summed E-state index contributed by atoms with van der Waals surface area (Å²) in [4.78, 5) is 14.5. The molecule has 0 saturated heterocycles. The van der Waals surface area contributed by atoms with E-state index in [2.05, 4.69) is 26.2 Å². The number of hydrogen-bond acceptors (Lipinski definition) is 4. The van der Waals surface area contributed by atoms with Crippen LogP contribution in [0.5, 0.6) is 0 Å². The molecule has 0 bridgehead atoms. The summed E-state index contributed by atoms with van der Waals surface area (Å²) in [6.07, 6.45) is 0. The third-order valence-corrected chi connectivity index (χ3v) is 3.37. The zero-order valence-corrected chi connectivity index (χ0v) is 10.7. The number of rotatable bonds is 3. The predicted molar refractivity (Wildman–Crippen MR) is 66.5 cm³/mol. The second-order valence-electron chi connectivity index (χ2n) is 3.06. The van der Waals surface area contributed by atoms with E-state index in [1.165, 1.54) is 11.6 Å².